The van der Waals surface area contributed by atoms with Crippen molar-refractivity contribution in [3.05, 3.63) is 35.1 Å². The molecular weight excluding hydrogens is 263 g/mol. The third kappa shape index (κ3) is 3.29. The van der Waals surface area contributed by atoms with Crippen molar-refractivity contribution in [1.29, 1.82) is 0 Å². The summed E-state index contributed by atoms with van der Waals surface area (Å²) in [4.78, 5) is 2.60. The lowest BCUT2D eigenvalue weighted by Crippen LogP contribution is -2.41. The molecule has 0 spiro atoms. The molecule has 1 heterocycles. The third-order valence-electron chi connectivity index (χ3n) is 4.84. The summed E-state index contributed by atoms with van der Waals surface area (Å²) in [6.07, 6.45) is 4.52. The fourth-order valence-electron chi connectivity index (χ4n) is 3.96. The van der Waals surface area contributed by atoms with E-state index in [1.54, 1.807) is 6.07 Å². The number of hydrogen-bond acceptors (Lipinski definition) is 2. The van der Waals surface area contributed by atoms with E-state index in [2.05, 4.69) is 30.1 Å². The topological polar surface area (TPSA) is 15.3 Å². The van der Waals surface area contributed by atoms with Crippen molar-refractivity contribution in [2.75, 3.05) is 19.6 Å². The van der Waals surface area contributed by atoms with E-state index in [9.17, 15) is 4.39 Å². The number of nitrogens with one attached hydrogen (secondary N) is 1. The molecule has 0 bridgehead atoms. The molecular formula is C18H27FN2. The Morgan fingerprint density at radius 3 is 2.90 bits per heavy atom. The van der Waals surface area contributed by atoms with E-state index < -0.39 is 0 Å². The minimum absolute atomic E-state index is 0.0153. The molecule has 1 aromatic carbocycles. The van der Waals surface area contributed by atoms with Crippen molar-refractivity contribution < 1.29 is 4.39 Å². The van der Waals surface area contributed by atoms with Crippen LogP contribution in [0.1, 0.15) is 50.3 Å². The maximum absolute atomic E-state index is 14.0. The molecule has 3 heteroatoms. The molecule has 2 nitrogen and oxygen atoms in total. The predicted molar refractivity (Wildman–Crippen MR) is 84.9 cm³/mol. The van der Waals surface area contributed by atoms with Crippen LogP contribution in [0.2, 0.25) is 0 Å². The molecule has 0 amide bonds. The zero-order valence-electron chi connectivity index (χ0n) is 13.2. The third-order valence-corrected chi connectivity index (χ3v) is 4.84. The smallest absolute Gasteiger partial charge is 0.126 e. The molecule has 3 rings (SSSR count). The molecule has 1 aliphatic carbocycles. The van der Waals surface area contributed by atoms with Gasteiger partial charge in [0.25, 0.3) is 0 Å². The quantitative estimate of drug-likeness (QED) is 0.892. The second-order valence-electron chi connectivity index (χ2n) is 7.00. The lowest BCUT2D eigenvalue weighted by Gasteiger charge is -2.33. The number of fused-ring (bicyclic) bond motifs is 1. The minimum Gasteiger partial charge on any atom is -0.313 e. The lowest BCUT2D eigenvalue weighted by atomic mass is 10.0. The van der Waals surface area contributed by atoms with Crippen molar-refractivity contribution in [3.8, 4) is 0 Å². The van der Waals surface area contributed by atoms with Gasteiger partial charge in [0.1, 0.15) is 5.82 Å². The van der Waals surface area contributed by atoms with Gasteiger partial charge >= 0.3 is 0 Å². The Hall–Kier alpha value is -0.930. The van der Waals surface area contributed by atoms with Crippen LogP contribution in [0.4, 0.5) is 4.39 Å². The van der Waals surface area contributed by atoms with Crippen molar-refractivity contribution in [2.45, 2.75) is 51.6 Å². The SMILES string of the molecule is CC(C)CN(CC1CCCN1)C1CCc2c(F)cccc21. The second kappa shape index (κ2) is 6.45. The van der Waals surface area contributed by atoms with Gasteiger partial charge < -0.3 is 5.32 Å². The van der Waals surface area contributed by atoms with Crippen molar-refractivity contribution >= 4 is 0 Å². The Kier molecular flexibility index (Phi) is 4.60. The van der Waals surface area contributed by atoms with Gasteiger partial charge in [0, 0.05) is 25.2 Å². The molecule has 0 aromatic heterocycles. The van der Waals surface area contributed by atoms with E-state index in [1.165, 1.54) is 18.4 Å². The highest BCUT2D eigenvalue weighted by Crippen LogP contribution is 2.37. The van der Waals surface area contributed by atoms with E-state index in [0.29, 0.717) is 18.0 Å². The van der Waals surface area contributed by atoms with Gasteiger partial charge in [-0.1, -0.05) is 26.0 Å². The van der Waals surface area contributed by atoms with Crippen LogP contribution < -0.4 is 5.32 Å². The summed E-state index contributed by atoms with van der Waals surface area (Å²) in [6.45, 7) is 7.89. The van der Waals surface area contributed by atoms with Gasteiger partial charge in [-0.25, -0.2) is 4.39 Å². The van der Waals surface area contributed by atoms with Gasteiger partial charge in [0.2, 0.25) is 0 Å². The van der Waals surface area contributed by atoms with Gasteiger partial charge in [-0.3, -0.25) is 4.90 Å². The molecule has 1 N–H and O–H groups in total. The highest BCUT2D eigenvalue weighted by molar-refractivity contribution is 5.35. The van der Waals surface area contributed by atoms with Crippen molar-refractivity contribution in [1.82, 2.24) is 10.2 Å². The Balaban J connectivity index is 1.79. The van der Waals surface area contributed by atoms with Crippen LogP contribution in [0.15, 0.2) is 18.2 Å². The first-order valence-electron chi connectivity index (χ1n) is 8.40. The van der Waals surface area contributed by atoms with Gasteiger partial charge in [-0.2, -0.15) is 0 Å². The van der Waals surface area contributed by atoms with Gasteiger partial charge in [0.15, 0.2) is 0 Å². The summed E-state index contributed by atoms with van der Waals surface area (Å²) >= 11 is 0. The summed E-state index contributed by atoms with van der Waals surface area (Å²) < 4.78 is 14.0. The molecule has 21 heavy (non-hydrogen) atoms. The summed E-state index contributed by atoms with van der Waals surface area (Å²) in [6, 6.07) is 6.62. The van der Waals surface area contributed by atoms with Crippen LogP contribution in [0, 0.1) is 11.7 Å². The van der Waals surface area contributed by atoms with Gasteiger partial charge in [0.05, 0.1) is 0 Å². The highest BCUT2D eigenvalue weighted by atomic mass is 19.1. The molecule has 0 radical (unpaired) electrons. The number of benzene rings is 1. The fraction of sp³-hybridized carbons (Fsp3) is 0.667. The fourth-order valence-corrected chi connectivity index (χ4v) is 3.96. The Morgan fingerprint density at radius 2 is 2.19 bits per heavy atom. The van der Waals surface area contributed by atoms with Crippen LogP contribution in [0.25, 0.3) is 0 Å². The lowest BCUT2D eigenvalue weighted by molar-refractivity contribution is 0.160. The molecule has 1 aromatic rings. The molecule has 116 valence electrons. The summed E-state index contributed by atoms with van der Waals surface area (Å²) in [7, 11) is 0. The summed E-state index contributed by atoms with van der Waals surface area (Å²) in [5.41, 5.74) is 2.18. The molecule has 1 saturated heterocycles. The molecule has 1 fully saturated rings. The number of rotatable bonds is 5. The van der Waals surface area contributed by atoms with Crippen molar-refractivity contribution in [3.63, 3.8) is 0 Å². The first kappa shape index (κ1) is 15.0. The Bertz CT molecular complexity index is 480. The number of nitrogens with zero attached hydrogens (tertiary/aromatic N) is 1. The van der Waals surface area contributed by atoms with E-state index in [4.69, 9.17) is 0 Å². The Labute approximate surface area is 127 Å². The molecule has 1 aliphatic heterocycles. The number of halogens is 1. The number of hydrogen-bond donors (Lipinski definition) is 1. The normalized spacial score (nSPS) is 25.0. The summed E-state index contributed by atoms with van der Waals surface area (Å²) in [5, 5.41) is 3.60. The maximum atomic E-state index is 14.0. The molecule has 2 unspecified atom stereocenters. The van der Waals surface area contributed by atoms with Crippen LogP contribution >= 0.6 is 0 Å². The van der Waals surface area contributed by atoms with Gasteiger partial charge in [-0.15, -0.1) is 0 Å². The highest BCUT2D eigenvalue weighted by Gasteiger charge is 2.31. The maximum Gasteiger partial charge on any atom is 0.126 e. The predicted octanol–water partition coefficient (Wildman–Crippen LogP) is 3.52. The monoisotopic (exact) mass is 290 g/mol. The first-order valence-corrected chi connectivity index (χ1v) is 8.40. The van der Waals surface area contributed by atoms with E-state index in [0.717, 1.165) is 38.0 Å². The van der Waals surface area contributed by atoms with E-state index in [-0.39, 0.29) is 5.82 Å². The average Bonchev–Trinajstić information content (AvgIpc) is 3.06. The summed E-state index contributed by atoms with van der Waals surface area (Å²) in [5.74, 6) is 0.627. The zero-order valence-corrected chi connectivity index (χ0v) is 13.2. The van der Waals surface area contributed by atoms with E-state index in [1.807, 2.05) is 6.07 Å². The van der Waals surface area contributed by atoms with Crippen LogP contribution in [0.3, 0.4) is 0 Å². The minimum atomic E-state index is -0.0153. The largest absolute Gasteiger partial charge is 0.313 e. The molecule has 2 atom stereocenters. The second-order valence-corrected chi connectivity index (χ2v) is 7.00. The molecule has 2 aliphatic rings. The zero-order chi connectivity index (χ0) is 14.8. The van der Waals surface area contributed by atoms with E-state index >= 15 is 0 Å². The average molecular weight is 290 g/mol. The van der Waals surface area contributed by atoms with Crippen LogP contribution in [-0.4, -0.2) is 30.6 Å². The standard InChI is InChI=1S/C18H27FN2/c1-13(2)11-21(12-14-5-4-10-20-14)18-9-8-15-16(18)6-3-7-17(15)19/h3,6-7,13-14,18,20H,4-5,8-12H2,1-2H3. The first-order chi connectivity index (χ1) is 10.1. The van der Waals surface area contributed by atoms with Crippen molar-refractivity contribution in [2.24, 2.45) is 5.92 Å². The van der Waals surface area contributed by atoms with Gasteiger partial charge in [-0.05, 0) is 55.3 Å². The van der Waals surface area contributed by atoms with Crippen LogP contribution in [0.5, 0.6) is 0 Å². The Morgan fingerprint density at radius 1 is 1.33 bits per heavy atom. The van der Waals surface area contributed by atoms with Crippen LogP contribution in [-0.2, 0) is 6.42 Å². The molecule has 0 saturated carbocycles.